The molecule has 72 heavy (non-hydrogen) atoms. The molecule has 34 heteroatoms. The number of halogens is 1. The van der Waals surface area contributed by atoms with Crippen LogP contribution in [0.2, 0.25) is 0 Å². The number of hydrogen-bond donors (Lipinski definition) is 17. The van der Waals surface area contributed by atoms with E-state index in [-0.39, 0.29) is 0 Å². The van der Waals surface area contributed by atoms with E-state index in [4.69, 9.17) is 72.6 Å². The zero-order chi connectivity index (χ0) is 52.7. The van der Waals surface area contributed by atoms with Crippen LogP contribution in [0.4, 0.5) is 0 Å². The topological polar surface area (TPSA) is 498 Å². The molecule has 22 saturated heterocycles. The Morgan fingerprint density at radius 2 is 0.528 bits per heavy atom. The standard InChI is InChI=1S/C38H63ClO32S/c39-1-2-72(57,58)71-32-25(56)38-64-14(8-45)31(32)70-37-24(55)19(50)29(12(6-43)63-37)68-35-22(53)17(48)27(10(4-41)61-35)66-33-20(51)15(46)26(9(3-40)59-33)65-34-21(52)16(47)28(11(5-42)60-34)67-36-23(54)18(49)30(69-38)13(7-44)62-36/h9-38,40-56H,1-8H2/t9-,10-,11-,12-,13-,14-,15-,16-,17-,18-,19-,20-,21-,22-,23-,24-,25-,26-,27-,28-,29-,30-,31+,32-,33-,34-,35-,36-,37-,38-/m1/s1. The summed E-state index contributed by atoms with van der Waals surface area (Å²) in [4.78, 5) is 0. The van der Waals surface area contributed by atoms with Crippen LogP contribution in [-0.2, 0) is 71.1 Å². The van der Waals surface area contributed by atoms with E-state index in [1.807, 2.05) is 0 Å². The Balaban J connectivity index is 1.23. The molecular weight excluding hydrogens is 1040 g/mol. The highest BCUT2D eigenvalue weighted by molar-refractivity contribution is 7.86. The lowest BCUT2D eigenvalue weighted by molar-refractivity contribution is -0.403. The third kappa shape index (κ3) is 11.9. The normalized spacial score (nSPS) is 52.0. The molecule has 22 aliphatic heterocycles. The van der Waals surface area contributed by atoms with Gasteiger partial charge in [0.25, 0.3) is 10.1 Å². The van der Waals surface area contributed by atoms with E-state index < -0.39 is 246 Å². The van der Waals surface area contributed by atoms with E-state index in [0.29, 0.717) is 0 Å². The van der Waals surface area contributed by atoms with Crippen molar-refractivity contribution in [3.05, 3.63) is 0 Å². The third-order valence-corrected chi connectivity index (χ3v) is 14.9. The molecule has 22 aliphatic rings. The molecule has 420 valence electrons. The van der Waals surface area contributed by atoms with Gasteiger partial charge in [-0.2, -0.15) is 8.42 Å². The second-order valence-corrected chi connectivity index (χ2v) is 20.0. The van der Waals surface area contributed by atoms with Crippen LogP contribution in [0.25, 0.3) is 0 Å². The molecule has 22 heterocycles. The number of aliphatic hydroxyl groups excluding tert-OH is 17. The van der Waals surface area contributed by atoms with E-state index in [0.717, 1.165) is 0 Å². The molecule has 0 saturated carbocycles. The van der Waals surface area contributed by atoms with Crippen molar-refractivity contribution in [3.63, 3.8) is 0 Å². The van der Waals surface area contributed by atoms with E-state index in [9.17, 15) is 95.2 Å². The fraction of sp³-hybridized carbons (Fsp3) is 1.00. The Morgan fingerprint density at radius 1 is 0.319 bits per heavy atom. The molecule has 32 nitrogen and oxygen atoms in total. The van der Waals surface area contributed by atoms with Crippen molar-refractivity contribution in [2.75, 3.05) is 51.3 Å². The van der Waals surface area contributed by atoms with Gasteiger partial charge in [-0.1, -0.05) is 0 Å². The quantitative estimate of drug-likeness (QED) is 0.0713. The average molecular weight is 1100 g/mol. The molecule has 0 unspecified atom stereocenters. The van der Waals surface area contributed by atoms with Gasteiger partial charge < -0.3 is 144 Å². The zero-order valence-electron chi connectivity index (χ0n) is 37.5. The predicted octanol–water partition coefficient (Wildman–Crippen LogP) is -12.5. The molecule has 0 aliphatic carbocycles. The van der Waals surface area contributed by atoms with Crippen LogP contribution < -0.4 is 0 Å². The van der Waals surface area contributed by atoms with Gasteiger partial charge in [-0.15, -0.1) is 11.6 Å². The van der Waals surface area contributed by atoms with Crippen LogP contribution in [0, 0.1) is 0 Å². The van der Waals surface area contributed by atoms with Crippen molar-refractivity contribution in [2.45, 2.75) is 184 Å². The molecular formula is C38H63ClO32S. The maximum absolute atomic E-state index is 13.1. The van der Waals surface area contributed by atoms with Crippen LogP contribution >= 0.6 is 11.6 Å². The van der Waals surface area contributed by atoms with Crippen LogP contribution in [0.3, 0.4) is 0 Å². The summed E-state index contributed by atoms with van der Waals surface area (Å²) < 4.78 is 99.8. The third-order valence-electron chi connectivity index (χ3n) is 13.2. The molecule has 0 amide bonds. The zero-order valence-corrected chi connectivity index (χ0v) is 39.1. The molecule has 12 bridgehead atoms. The van der Waals surface area contributed by atoms with Gasteiger partial charge in [-0.3, -0.25) is 4.18 Å². The molecule has 0 aromatic heterocycles. The number of aliphatic hydroxyl groups is 17. The molecule has 0 aromatic carbocycles. The SMILES string of the molecule is O=S(=O)(CCCl)O[C@@H]1[C@@H](O)[C@H]2O[C@H]3[C@H](O)[C@@H](O)[C@@H](O[C@H]4[C@H](O)[C@@H](O)[C@@H](O[C@H]5[C@H](O)[C@@H](O)[C@@H](O[C@H]6[C@H](O)[C@@H](O)[C@@H](O[C@H]7[C@H](O)[C@@H](O)[C@@H](O[C@H]1[C@@H](CO)O2)O[C@@H]7CO)O[C@@H]6CO)O[C@@H]5CO)O[C@@H]4CO)O[C@@H]3CO. The highest BCUT2D eigenvalue weighted by Crippen LogP contribution is 2.38. The Bertz CT molecular complexity index is 1800. The minimum atomic E-state index is -4.75. The molecule has 30 atom stereocenters. The summed E-state index contributed by atoms with van der Waals surface area (Å²) in [7, 11) is -4.75. The van der Waals surface area contributed by atoms with Gasteiger partial charge in [-0.25, -0.2) is 0 Å². The van der Waals surface area contributed by atoms with Crippen molar-refractivity contribution in [1.82, 2.24) is 0 Å². The lowest BCUT2D eigenvalue weighted by Gasteiger charge is -2.51. The van der Waals surface area contributed by atoms with Crippen LogP contribution in [0.1, 0.15) is 0 Å². The maximum Gasteiger partial charge on any atom is 0.268 e. The van der Waals surface area contributed by atoms with Crippen molar-refractivity contribution in [3.8, 4) is 0 Å². The van der Waals surface area contributed by atoms with Crippen LogP contribution in [0.15, 0.2) is 0 Å². The summed E-state index contributed by atoms with van der Waals surface area (Å²) >= 11 is 5.68. The van der Waals surface area contributed by atoms with E-state index in [1.54, 1.807) is 0 Å². The minimum absolute atomic E-state index is 0.551. The maximum atomic E-state index is 13.1. The molecule has 0 aromatic rings. The number of hydrogen-bond acceptors (Lipinski definition) is 32. The smallest absolute Gasteiger partial charge is 0.268 e. The Morgan fingerprint density at radius 3 is 0.750 bits per heavy atom. The number of ether oxygens (including phenoxy) is 12. The first-order valence-corrected chi connectivity index (χ1v) is 24.7. The number of alkyl halides is 1. The van der Waals surface area contributed by atoms with E-state index >= 15 is 0 Å². The van der Waals surface area contributed by atoms with Gasteiger partial charge in [-0.05, 0) is 0 Å². The van der Waals surface area contributed by atoms with Crippen molar-refractivity contribution in [2.24, 2.45) is 0 Å². The molecule has 0 spiro atoms. The number of rotatable bonds is 10. The van der Waals surface area contributed by atoms with Crippen molar-refractivity contribution in [1.29, 1.82) is 0 Å². The Hall–Kier alpha value is -0.960. The summed E-state index contributed by atoms with van der Waals surface area (Å²) in [5.41, 5.74) is 0. The summed E-state index contributed by atoms with van der Waals surface area (Å²) in [6.07, 6.45) is -61.2. The van der Waals surface area contributed by atoms with E-state index in [2.05, 4.69) is 0 Å². The molecule has 17 N–H and O–H groups in total. The highest BCUT2D eigenvalue weighted by Gasteiger charge is 2.59. The largest absolute Gasteiger partial charge is 0.394 e. The van der Waals surface area contributed by atoms with Gasteiger partial charge in [0.15, 0.2) is 37.7 Å². The second kappa shape index (κ2) is 24.8. The monoisotopic (exact) mass is 1100 g/mol. The van der Waals surface area contributed by atoms with Crippen molar-refractivity contribution < 1.29 is 156 Å². The molecule has 22 fully saturated rings. The lowest BCUT2D eigenvalue weighted by Crippen LogP contribution is -2.69. The van der Waals surface area contributed by atoms with Crippen LogP contribution in [0.5, 0.6) is 0 Å². The van der Waals surface area contributed by atoms with Crippen molar-refractivity contribution >= 4 is 21.7 Å². The van der Waals surface area contributed by atoms with Gasteiger partial charge in [0, 0.05) is 5.88 Å². The summed E-state index contributed by atoms with van der Waals surface area (Å²) in [5.74, 6) is -1.44. The molecule has 0 radical (unpaired) electrons. The Kier molecular flexibility index (Phi) is 20.2. The first-order chi connectivity index (χ1) is 34.2. The fourth-order valence-electron chi connectivity index (χ4n) is 9.33. The Labute approximate surface area is 412 Å². The molecule has 22 rings (SSSR count). The van der Waals surface area contributed by atoms with Gasteiger partial charge in [0.1, 0.15) is 146 Å². The lowest BCUT2D eigenvalue weighted by atomic mass is 9.94. The second-order valence-electron chi connectivity index (χ2n) is 17.9. The predicted molar refractivity (Wildman–Crippen MR) is 219 cm³/mol. The highest BCUT2D eigenvalue weighted by atomic mass is 35.5. The van der Waals surface area contributed by atoms with E-state index in [1.165, 1.54) is 0 Å². The summed E-state index contributed by atoms with van der Waals surface area (Å²) in [6, 6.07) is 0. The minimum Gasteiger partial charge on any atom is -0.394 e. The van der Waals surface area contributed by atoms with Crippen LogP contribution in [-0.4, -0.2) is 331 Å². The first-order valence-electron chi connectivity index (χ1n) is 22.6. The average Bonchev–Trinajstić information content (AvgIpc) is 3.35. The summed E-state index contributed by atoms with van der Waals surface area (Å²) in [5, 5.41) is 187. The first kappa shape index (κ1) is 58.7. The van der Waals surface area contributed by atoms with Gasteiger partial charge in [0.2, 0.25) is 0 Å². The summed E-state index contributed by atoms with van der Waals surface area (Å²) in [6.45, 7) is -6.40. The van der Waals surface area contributed by atoms with Gasteiger partial charge in [0.05, 0.1) is 45.4 Å². The fourth-order valence-corrected chi connectivity index (χ4v) is 10.7. The van der Waals surface area contributed by atoms with Gasteiger partial charge >= 0.3 is 0 Å².